The molecule has 17 heavy (non-hydrogen) atoms. The first-order chi connectivity index (χ1) is 8.25. The summed E-state index contributed by atoms with van der Waals surface area (Å²) in [5, 5.41) is 3.30. The second-order valence-electron chi connectivity index (χ2n) is 4.24. The minimum absolute atomic E-state index is 0.0191. The highest BCUT2D eigenvalue weighted by atomic mass is 79.9. The number of hydrogen-bond acceptors (Lipinski definition) is 2. The molecule has 1 aliphatic rings. The average molecular weight is 310 g/mol. The van der Waals surface area contributed by atoms with Crippen molar-refractivity contribution in [3.63, 3.8) is 0 Å². The van der Waals surface area contributed by atoms with E-state index in [9.17, 15) is 4.79 Å². The van der Waals surface area contributed by atoms with Crippen LogP contribution in [0, 0.1) is 0 Å². The SMILES string of the molecule is O=C1C(Br)CCCN1c1ccc2sccc2c1. The number of fused-ring (bicyclic) bond motifs is 1. The minimum atomic E-state index is -0.0191. The van der Waals surface area contributed by atoms with Crippen molar-refractivity contribution in [2.75, 3.05) is 11.4 Å². The van der Waals surface area contributed by atoms with Crippen molar-refractivity contribution in [3.05, 3.63) is 29.6 Å². The quantitative estimate of drug-likeness (QED) is 0.734. The Hall–Kier alpha value is -0.870. The van der Waals surface area contributed by atoms with E-state index in [-0.39, 0.29) is 10.7 Å². The maximum absolute atomic E-state index is 12.1. The standard InChI is InChI=1S/C13H12BrNOS/c14-11-2-1-6-15(13(11)16)10-3-4-12-9(8-10)5-7-17-12/h3-5,7-8,11H,1-2,6H2. The summed E-state index contributed by atoms with van der Waals surface area (Å²) in [5.74, 6) is 0.186. The largest absolute Gasteiger partial charge is 0.311 e. The predicted molar refractivity (Wildman–Crippen MR) is 76.1 cm³/mol. The van der Waals surface area contributed by atoms with Gasteiger partial charge in [-0.15, -0.1) is 11.3 Å². The van der Waals surface area contributed by atoms with Crippen LogP contribution in [0.15, 0.2) is 29.6 Å². The fourth-order valence-corrected chi connectivity index (χ4v) is 3.55. The number of rotatable bonds is 1. The van der Waals surface area contributed by atoms with E-state index in [1.54, 1.807) is 11.3 Å². The third-order valence-corrected chi connectivity index (χ3v) is 4.87. The van der Waals surface area contributed by atoms with Crippen LogP contribution in [0.5, 0.6) is 0 Å². The van der Waals surface area contributed by atoms with Gasteiger partial charge < -0.3 is 4.90 Å². The van der Waals surface area contributed by atoms with Crippen molar-refractivity contribution >= 4 is 48.9 Å². The van der Waals surface area contributed by atoms with Crippen molar-refractivity contribution in [3.8, 4) is 0 Å². The van der Waals surface area contributed by atoms with Gasteiger partial charge in [0.05, 0.1) is 4.83 Å². The van der Waals surface area contributed by atoms with Crippen molar-refractivity contribution in [1.82, 2.24) is 0 Å². The molecule has 1 atom stereocenters. The fraction of sp³-hybridized carbons (Fsp3) is 0.308. The zero-order chi connectivity index (χ0) is 11.8. The van der Waals surface area contributed by atoms with Crippen molar-refractivity contribution in [2.24, 2.45) is 0 Å². The molecule has 2 nitrogen and oxygen atoms in total. The topological polar surface area (TPSA) is 20.3 Å². The maximum atomic E-state index is 12.1. The van der Waals surface area contributed by atoms with Crippen LogP contribution in [0.25, 0.3) is 10.1 Å². The Morgan fingerprint density at radius 3 is 3.12 bits per heavy atom. The summed E-state index contributed by atoms with van der Waals surface area (Å²) >= 11 is 5.18. The van der Waals surface area contributed by atoms with Crippen molar-refractivity contribution in [2.45, 2.75) is 17.7 Å². The van der Waals surface area contributed by atoms with Crippen LogP contribution >= 0.6 is 27.3 Å². The van der Waals surface area contributed by atoms with E-state index in [0.29, 0.717) is 0 Å². The first kappa shape index (κ1) is 11.2. The third kappa shape index (κ3) is 2.00. The number of benzene rings is 1. The van der Waals surface area contributed by atoms with E-state index in [2.05, 4.69) is 39.5 Å². The van der Waals surface area contributed by atoms with Crippen LogP contribution in [0.1, 0.15) is 12.8 Å². The van der Waals surface area contributed by atoms with E-state index >= 15 is 0 Å². The Kier molecular flexibility index (Phi) is 2.92. The maximum Gasteiger partial charge on any atom is 0.240 e. The van der Waals surface area contributed by atoms with Gasteiger partial charge in [-0.25, -0.2) is 0 Å². The monoisotopic (exact) mass is 309 g/mol. The number of alkyl halides is 1. The number of carbonyl (C=O) groups is 1. The second kappa shape index (κ2) is 4.42. The first-order valence-electron chi connectivity index (χ1n) is 5.68. The number of amides is 1. The van der Waals surface area contributed by atoms with Crippen LogP contribution in [0.4, 0.5) is 5.69 Å². The molecule has 88 valence electrons. The van der Waals surface area contributed by atoms with Gasteiger partial charge in [0.2, 0.25) is 5.91 Å². The molecule has 1 saturated heterocycles. The van der Waals surface area contributed by atoms with Gasteiger partial charge in [0.1, 0.15) is 0 Å². The molecule has 4 heteroatoms. The molecule has 0 spiro atoms. The summed E-state index contributed by atoms with van der Waals surface area (Å²) in [6.07, 6.45) is 2.00. The van der Waals surface area contributed by atoms with Gasteiger partial charge in [-0.3, -0.25) is 4.79 Å². The van der Waals surface area contributed by atoms with Crippen LogP contribution in [0.3, 0.4) is 0 Å². The lowest BCUT2D eigenvalue weighted by atomic mass is 10.1. The molecule has 1 aliphatic heterocycles. The number of halogens is 1. The average Bonchev–Trinajstić information content (AvgIpc) is 2.79. The second-order valence-corrected chi connectivity index (χ2v) is 6.30. The highest BCUT2D eigenvalue weighted by molar-refractivity contribution is 9.10. The lowest BCUT2D eigenvalue weighted by Crippen LogP contribution is -2.41. The highest BCUT2D eigenvalue weighted by Gasteiger charge is 2.27. The van der Waals surface area contributed by atoms with Gasteiger partial charge >= 0.3 is 0 Å². The van der Waals surface area contributed by atoms with Gasteiger partial charge in [0.25, 0.3) is 0 Å². The molecule has 1 fully saturated rings. The molecule has 1 aromatic carbocycles. The van der Waals surface area contributed by atoms with Crippen molar-refractivity contribution in [1.29, 1.82) is 0 Å². The molecule has 0 aliphatic carbocycles. The Morgan fingerprint density at radius 1 is 1.35 bits per heavy atom. The normalized spacial score (nSPS) is 21.1. The summed E-state index contributed by atoms with van der Waals surface area (Å²) < 4.78 is 1.27. The first-order valence-corrected chi connectivity index (χ1v) is 7.48. The molecule has 1 amide bonds. The van der Waals surface area contributed by atoms with E-state index in [1.165, 1.54) is 10.1 Å². The Balaban J connectivity index is 1.99. The van der Waals surface area contributed by atoms with E-state index in [1.807, 2.05) is 11.0 Å². The lowest BCUT2D eigenvalue weighted by Gasteiger charge is -2.29. The molecule has 0 N–H and O–H groups in total. The summed E-state index contributed by atoms with van der Waals surface area (Å²) in [4.78, 5) is 14.0. The molecule has 0 saturated carbocycles. The molecule has 2 heterocycles. The Morgan fingerprint density at radius 2 is 2.24 bits per heavy atom. The summed E-state index contributed by atoms with van der Waals surface area (Å²) in [5.41, 5.74) is 1.02. The number of thiophene rings is 1. The van der Waals surface area contributed by atoms with Gasteiger partial charge in [0.15, 0.2) is 0 Å². The number of anilines is 1. The molecular weight excluding hydrogens is 298 g/mol. The summed E-state index contributed by atoms with van der Waals surface area (Å²) in [7, 11) is 0. The van der Waals surface area contributed by atoms with E-state index < -0.39 is 0 Å². The zero-order valence-electron chi connectivity index (χ0n) is 9.23. The molecule has 2 aromatic rings. The van der Waals surface area contributed by atoms with Crippen molar-refractivity contribution < 1.29 is 4.79 Å². The summed E-state index contributed by atoms with van der Waals surface area (Å²) in [6, 6.07) is 8.35. The highest BCUT2D eigenvalue weighted by Crippen LogP contribution is 2.29. The Labute approximate surface area is 112 Å². The smallest absolute Gasteiger partial charge is 0.240 e. The lowest BCUT2D eigenvalue weighted by molar-refractivity contribution is -0.118. The van der Waals surface area contributed by atoms with Gasteiger partial charge in [-0.2, -0.15) is 0 Å². The number of piperidine rings is 1. The van der Waals surface area contributed by atoms with Crippen LogP contribution in [0.2, 0.25) is 0 Å². The predicted octanol–water partition coefficient (Wildman–Crippen LogP) is 3.79. The van der Waals surface area contributed by atoms with E-state index in [0.717, 1.165) is 25.1 Å². The molecule has 1 unspecified atom stereocenters. The van der Waals surface area contributed by atoms with Crippen LogP contribution < -0.4 is 4.90 Å². The zero-order valence-corrected chi connectivity index (χ0v) is 11.6. The molecule has 1 aromatic heterocycles. The fourth-order valence-electron chi connectivity index (χ4n) is 2.21. The molecule has 0 radical (unpaired) electrons. The Bertz CT molecular complexity index is 565. The number of nitrogens with zero attached hydrogens (tertiary/aromatic N) is 1. The molecule has 3 rings (SSSR count). The number of carbonyl (C=O) groups excluding carboxylic acids is 1. The van der Waals surface area contributed by atoms with Crippen LogP contribution in [-0.4, -0.2) is 17.3 Å². The number of hydrogen-bond donors (Lipinski definition) is 0. The van der Waals surface area contributed by atoms with Crippen LogP contribution in [-0.2, 0) is 4.79 Å². The minimum Gasteiger partial charge on any atom is -0.311 e. The third-order valence-electron chi connectivity index (χ3n) is 3.12. The van der Waals surface area contributed by atoms with Gasteiger partial charge in [0, 0.05) is 16.9 Å². The van der Waals surface area contributed by atoms with E-state index in [4.69, 9.17) is 0 Å². The molecular formula is C13H12BrNOS. The van der Waals surface area contributed by atoms with Gasteiger partial charge in [-0.05, 0) is 47.9 Å². The summed E-state index contributed by atoms with van der Waals surface area (Å²) in [6.45, 7) is 0.830. The molecule has 0 bridgehead atoms. The van der Waals surface area contributed by atoms with Gasteiger partial charge in [-0.1, -0.05) is 15.9 Å².